The van der Waals surface area contributed by atoms with E-state index in [1.54, 1.807) is 0 Å². The van der Waals surface area contributed by atoms with Gasteiger partial charge in [-0.2, -0.15) is 0 Å². The molecule has 0 aromatic carbocycles. The normalized spacial score (nSPS) is 50.3. The Kier molecular flexibility index (Phi) is 11.3. The summed E-state index contributed by atoms with van der Waals surface area (Å²) in [7, 11) is 0. The van der Waals surface area contributed by atoms with Crippen molar-refractivity contribution in [1.82, 2.24) is 10.6 Å². The second-order valence-corrected chi connectivity index (χ2v) is 11.6. The highest BCUT2D eigenvalue weighted by atomic mass is 16.7. The van der Waals surface area contributed by atoms with Crippen LogP contribution in [0.15, 0.2) is 0 Å². The van der Waals surface area contributed by atoms with Crippen LogP contribution in [0.25, 0.3) is 0 Å². The standard InChI is InChI=1S/C24H45N5O14/c25-7-3-8(29-23(38)24(39)4-11(24)26)20(43-21-15(34)12(27)13(32)10(6-31)41-21)18(37)19(7)42-22-17(36)16(35)14(33)9(40-22)5-28-1-2-30/h7-22,28,30-37,39H,1-6,25-27H2,(H,29,38)/t7-,8+,9+,10+,11?,12-,13+,14+,15+,16-,17+,18-,19+,20-,21+,22+,24?/m0/s1. The number of carbonyl (C=O) groups is 1. The summed E-state index contributed by atoms with van der Waals surface area (Å²) >= 11 is 0. The molecular formula is C24H45N5O14. The lowest BCUT2D eigenvalue weighted by atomic mass is 9.83. The van der Waals surface area contributed by atoms with Crippen molar-refractivity contribution < 1.29 is 69.7 Å². The second kappa shape index (κ2) is 14.1. The molecule has 0 spiro atoms. The minimum atomic E-state index is -1.85. The average molecular weight is 628 g/mol. The minimum absolute atomic E-state index is 0.00773. The van der Waals surface area contributed by atoms with Crippen LogP contribution in [0, 0.1) is 0 Å². The third-order valence-electron chi connectivity index (χ3n) is 8.53. The molecule has 17 N–H and O–H groups in total. The van der Waals surface area contributed by atoms with Gasteiger partial charge in [-0.3, -0.25) is 4.79 Å². The first-order valence-corrected chi connectivity index (χ1v) is 14.2. The summed E-state index contributed by atoms with van der Waals surface area (Å²) in [6.07, 6.45) is -18.5. The van der Waals surface area contributed by atoms with Crippen LogP contribution in [0.4, 0.5) is 0 Å². The fourth-order valence-electron chi connectivity index (χ4n) is 5.63. The Morgan fingerprint density at radius 1 is 0.837 bits per heavy atom. The highest BCUT2D eigenvalue weighted by Gasteiger charge is 2.59. The van der Waals surface area contributed by atoms with Crippen molar-refractivity contribution in [3.05, 3.63) is 0 Å². The van der Waals surface area contributed by atoms with Crippen molar-refractivity contribution in [1.29, 1.82) is 0 Å². The van der Waals surface area contributed by atoms with Crippen LogP contribution in [-0.2, 0) is 23.7 Å². The number of nitrogens with one attached hydrogen (secondary N) is 2. The van der Waals surface area contributed by atoms with Crippen molar-refractivity contribution in [2.24, 2.45) is 17.2 Å². The number of rotatable bonds is 11. The first-order valence-electron chi connectivity index (χ1n) is 14.2. The van der Waals surface area contributed by atoms with Crippen molar-refractivity contribution in [2.75, 3.05) is 26.3 Å². The number of carbonyl (C=O) groups excluding carboxylic acids is 1. The third kappa shape index (κ3) is 7.13. The second-order valence-electron chi connectivity index (χ2n) is 11.6. The van der Waals surface area contributed by atoms with Gasteiger partial charge in [-0.05, 0) is 6.42 Å². The van der Waals surface area contributed by atoms with Crippen LogP contribution in [0.3, 0.4) is 0 Å². The van der Waals surface area contributed by atoms with Crippen LogP contribution in [-0.4, -0.2) is 182 Å². The van der Waals surface area contributed by atoms with Gasteiger partial charge in [0.15, 0.2) is 18.2 Å². The fourth-order valence-corrected chi connectivity index (χ4v) is 5.63. The van der Waals surface area contributed by atoms with Gasteiger partial charge in [0.2, 0.25) is 0 Å². The SMILES string of the molecule is NC1CC1(O)C(=O)N[C@@H]1C[C@H](N)[C@@H](O[C@H]2O[C@H](CNCCO)[C@@H](O)[C@H](O)[C@H]2O)[C@H](O)[C@H]1O[C@H]1O[C@H](CO)[C@@H](O)[C@H](N)[C@H]1O. The van der Waals surface area contributed by atoms with Crippen LogP contribution in [0.2, 0.25) is 0 Å². The maximum absolute atomic E-state index is 12.8. The van der Waals surface area contributed by atoms with E-state index in [1.165, 1.54) is 0 Å². The van der Waals surface area contributed by atoms with Crippen LogP contribution in [0.5, 0.6) is 0 Å². The fraction of sp³-hybridized carbons (Fsp3) is 0.958. The minimum Gasteiger partial charge on any atom is -0.395 e. The molecule has 2 saturated heterocycles. The molecule has 4 rings (SSSR count). The molecule has 17 atom stereocenters. The van der Waals surface area contributed by atoms with E-state index < -0.39 is 116 Å². The number of aliphatic hydroxyl groups excluding tert-OH is 8. The molecule has 2 aliphatic heterocycles. The molecule has 4 aliphatic rings. The smallest absolute Gasteiger partial charge is 0.253 e. The molecule has 0 radical (unpaired) electrons. The molecule has 1 amide bonds. The molecule has 4 fully saturated rings. The maximum atomic E-state index is 12.8. The zero-order valence-electron chi connectivity index (χ0n) is 23.3. The van der Waals surface area contributed by atoms with Gasteiger partial charge in [0.1, 0.15) is 61.0 Å². The molecule has 2 heterocycles. The summed E-state index contributed by atoms with van der Waals surface area (Å²) in [5.74, 6) is -0.857. The van der Waals surface area contributed by atoms with Gasteiger partial charge < -0.3 is 92.7 Å². The van der Waals surface area contributed by atoms with E-state index >= 15 is 0 Å². The zero-order valence-corrected chi connectivity index (χ0v) is 23.3. The Morgan fingerprint density at radius 2 is 1.44 bits per heavy atom. The van der Waals surface area contributed by atoms with E-state index in [2.05, 4.69) is 10.6 Å². The molecule has 43 heavy (non-hydrogen) atoms. The molecule has 0 aromatic heterocycles. The Labute approximate surface area is 246 Å². The highest BCUT2D eigenvalue weighted by molar-refractivity contribution is 5.89. The number of aliphatic hydroxyl groups is 9. The predicted octanol–water partition coefficient (Wildman–Crippen LogP) is -9.05. The maximum Gasteiger partial charge on any atom is 0.253 e. The Balaban J connectivity index is 1.54. The first-order chi connectivity index (χ1) is 20.2. The van der Waals surface area contributed by atoms with Gasteiger partial charge in [-0.25, -0.2) is 0 Å². The van der Waals surface area contributed by atoms with E-state index in [1.807, 2.05) is 0 Å². The van der Waals surface area contributed by atoms with E-state index in [-0.39, 0.29) is 32.5 Å². The number of hydrogen-bond donors (Lipinski definition) is 14. The number of ether oxygens (including phenoxy) is 4. The van der Waals surface area contributed by atoms with Gasteiger partial charge in [0.25, 0.3) is 5.91 Å². The molecule has 250 valence electrons. The highest BCUT2D eigenvalue weighted by Crippen LogP contribution is 2.36. The summed E-state index contributed by atoms with van der Waals surface area (Å²) in [6.45, 7) is -0.774. The summed E-state index contributed by atoms with van der Waals surface area (Å²) in [5.41, 5.74) is 16.0. The Morgan fingerprint density at radius 3 is 2.05 bits per heavy atom. The summed E-state index contributed by atoms with van der Waals surface area (Å²) in [6, 6.07) is -4.33. The van der Waals surface area contributed by atoms with Gasteiger partial charge in [-0.1, -0.05) is 0 Å². The van der Waals surface area contributed by atoms with E-state index in [0.717, 1.165) is 0 Å². The molecule has 2 unspecified atom stereocenters. The lowest BCUT2D eigenvalue weighted by Crippen LogP contribution is -2.69. The number of amides is 1. The Hall–Kier alpha value is -1.21. The molecule has 2 saturated carbocycles. The zero-order chi connectivity index (χ0) is 31.8. The average Bonchev–Trinajstić information content (AvgIpc) is 3.60. The van der Waals surface area contributed by atoms with Crippen LogP contribution < -0.4 is 27.8 Å². The van der Waals surface area contributed by atoms with E-state index in [9.17, 15) is 45.6 Å². The first kappa shape index (κ1) is 34.7. The Bertz CT molecular complexity index is 941. The van der Waals surface area contributed by atoms with Crippen molar-refractivity contribution in [3.8, 4) is 0 Å². The molecular weight excluding hydrogens is 582 g/mol. The van der Waals surface area contributed by atoms with Crippen LogP contribution >= 0.6 is 0 Å². The number of hydrogen-bond acceptors (Lipinski definition) is 18. The molecule has 0 bridgehead atoms. The molecule has 2 aliphatic carbocycles. The van der Waals surface area contributed by atoms with Gasteiger partial charge >= 0.3 is 0 Å². The lowest BCUT2D eigenvalue weighted by molar-refractivity contribution is -0.333. The predicted molar refractivity (Wildman–Crippen MR) is 140 cm³/mol. The van der Waals surface area contributed by atoms with Gasteiger partial charge in [-0.15, -0.1) is 0 Å². The quantitative estimate of drug-likeness (QED) is 0.0945. The van der Waals surface area contributed by atoms with E-state index in [0.29, 0.717) is 0 Å². The topological polar surface area (TPSA) is 338 Å². The van der Waals surface area contributed by atoms with Crippen molar-refractivity contribution >= 4 is 5.91 Å². The summed E-state index contributed by atoms with van der Waals surface area (Å²) < 4.78 is 22.9. The number of nitrogens with two attached hydrogens (primary N) is 3. The van der Waals surface area contributed by atoms with Crippen LogP contribution in [0.1, 0.15) is 12.8 Å². The molecule has 19 nitrogen and oxygen atoms in total. The van der Waals surface area contributed by atoms with Crippen molar-refractivity contribution in [2.45, 2.75) is 116 Å². The summed E-state index contributed by atoms with van der Waals surface area (Å²) in [4.78, 5) is 12.8. The molecule has 19 heteroatoms. The van der Waals surface area contributed by atoms with Gasteiger partial charge in [0, 0.05) is 31.6 Å². The largest absolute Gasteiger partial charge is 0.395 e. The summed E-state index contributed by atoms with van der Waals surface area (Å²) in [5, 5.41) is 98.0. The van der Waals surface area contributed by atoms with Crippen molar-refractivity contribution in [3.63, 3.8) is 0 Å². The monoisotopic (exact) mass is 627 g/mol. The lowest BCUT2D eigenvalue weighted by Gasteiger charge is -2.49. The van der Waals surface area contributed by atoms with E-state index in [4.69, 9.17) is 41.3 Å². The van der Waals surface area contributed by atoms with Gasteiger partial charge in [0.05, 0.1) is 25.3 Å². The third-order valence-corrected chi connectivity index (χ3v) is 8.53. The molecule has 0 aromatic rings.